The molecule has 2 aromatic heterocycles. The molecular weight excluding hydrogens is 397 g/mol. The molecule has 7 heteroatoms. The molecule has 0 aliphatic carbocycles. The predicted molar refractivity (Wildman–Crippen MR) is 108 cm³/mol. The number of fused-ring (bicyclic) bond motifs is 1. The number of ether oxygens (including phenoxy) is 1. The molecule has 0 fully saturated rings. The quantitative estimate of drug-likeness (QED) is 0.367. The minimum Gasteiger partial charge on any atom is -0.435 e. The van der Waals surface area contributed by atoms with Crippen molar-refractivity contribution in [1.29, 1.82) is 0 Å². The predicted octanol–water partition coefficient (Wildman–Crippen LogP) is 6.87. The number of hydrogen-bond acceptors (Lipinski definition) is 4. The highest BCUT2D eigenvalue weighted by atomic mass is 32.1. The maximum Gasteiger partial charge on any atom is 0.231 e. The Morgan fingerprint density at radius 1 is 0.897 bits per heavy atom. The van der Waals surface area contributed by atoms with Gasteiger partial charge in [-0.15, -0.1) is 11.3 Å². The molecule has 29 heavy (non-hydrogen) atoms. The van der Waals surface area contributed by atoms with Crippen LogP contribution in [0.4, 0.5) is 13.2 Å². The Hall–Kier alpha value is -2.93. The van der Waals surface area contributed by atoms with E-state index in [1.165, 1.54) is 35.9 Å². The summed E-state index contributed by atoms with van der Waals surface area (Å²) >= 11 is 1.42. The van der Waals surface area contributed by atoms with Gasteiger partial charge >= 0.3 is 0 Å². The van der Waals surface area contributed by atoms with Gasteiger partial charge in [-0.05, 0) is 35.2 Å². The summed E-state index contributed by atoms with van der Waals surface area (Å²) in [6.07, 6.45) is 1.34. The number of benzene rings is 2. The van der Waals surface area contributed by atoms with Gasteiger partial charge in [0.1, 0.15) is 11.2 Å². The maximum absolute atomic E-state index is 14.1. The second-order valence-electron chi connectivity index (χ2n) is 7.58. The van der Waals surface area contributed by atoms with Gasteiger partial charge in [0.15, 0.2) is 23.2 Å². The number of thiophene rings is 1. The van der Waals surface area contributed by atoms with Crippen molar-refractivity contribution in [2.24, 2.45) is 0 Å². The van der Waals surface area contributed by atoms with Crippen molar-refractivity contribution in [3.8, 4) is 22.8 Å². The molecule has 0 spiro atoms. The third-order valence-corrected chi connectivity index (χ3v) is 5.91. The fourth-order valence-corrected chi connectivity index (χ4v) is 4.28. The van der Waals surface area contributed by atoms with E-state index in [0.29, 0.717) is 21.3 Å². The Bertz CT molecular complexity index is 1210. The normalized spacial score (nSPS) is 11.8. The van der Waals surface area contributed by atoms with Crippen LogP contribution in [0.3, 0.4) is 0 Å². The topological polar surface area (TPSA) is 35.0 Å². The van der Waals surface area contributed by atoms with Crippen molar-refractivity contribution in [2.75, 3.05) is 0 Å². The Kier molecular flexibility index (Phi) is 4.78. The van der Waals surface area contributed by atoms with Crippen LogP contribution in [-0.4, -0.2) is 9.97 Å². The van der Waals surface area contributed by atoms with Crippen LogP contribution in [0.1, 0.15) is 25.6 Å². The van der Waals surface area contributed by atoms with Crippen molar-refractivity contribution in [3.63, 3.8) is 0 Å². The van der Waals surface area contributed by atoms with Crippen molar-refractivity contribution < 1.29 is 17.9 Å². The number of rotatable bonds is 3. The van der Waals surface area contributed by atoms with E-state index in [9.17, 15) is 13.2 Å². The van der Waals surface area contributed by atoms with Crippen LogP contribution in [-0.2, 0) is 5.41 Å². The summed E-state index contributed by atoms with van der Waals surface area (Å²) in [6, 6.07) is 9.74. The standard InChI is InChI=1S/C22H17F3N2OS/c1-22(2,3)19-17(12-8-9-13(23)15(25)10-12)18-20(26-11-27-21(18)29-19)28-16-7-5-4-6-14(16)24/h4-11H,1-3H3. The Morgan fingerprint density at radius 3 is 2.34 bits per heavy atom. The minimum atomic E-state index is -0.949. The molecule has 0 amide bonds. The summed E-state index contributed by atoms with van der Waals surface area (Å²) in [7, 11) is 0. The summed E-state index contributed by atoms with van der Waals surface area (Å²) in [5.74, 6) is -2.22. The lowest BCUT2D eigenvalue weighted by Crippen LogP contribution is -2.10. The van der Waals surface area contributed by atoms with Gasteiger partial charge in [0.05, 0.1) is 5.39 Å². The Morgan fingerprint density at radius 2 is 1.66 bits per heavy atom. The van der Waals surface area contributed by atoms with Crippen molar-refractivity contribution in [1.82, 2.24) is 9.97 Å². The average Bonchev–Trinajstić information content (AvgIpc) is 3.07. The van der Waals surface area contributed by atoms with Crippen molar-refractivity contribution in [3.05, 3.63) is 71.1 Å². The molecule has 2 heterocycles. The van der Waals surface area contributed by atoms with Gasteiger partial charge in [-0.25, -0.2) is 23.1 Å². The number of nitrogens with zero attached hydrogens (tertiary/aromatic N) is 2. The van der Waals surface area contributed by atoms with Gasteiger partial charge in [-0.3, -0.25) is 0 Å². The summed E-state index contributed by atoms with van der Waals surface area (Å²) < 4.78 is 47.5. The van der Waals surface area contributed by atoms with Gasteiger partial charge in [-0.1, -0.05) is 39.0 Å². The zero-order chi connectivity index (χ0) is 20.8. The van der Waals surface area contributed by atoms with Crippen LogP contribution < -0.4 is 4.74 Å². The molecule has 0 saturated carbocycles. The van der Waals surface area contributed by atoms with Crippen LogP contribution in [0, 0.1) is 17.5 Å². The average molecular weight is 414 g/mol. The molecule has 4 aromatic rings. The molecule has 0 bridgehead atoms. The highest BCUT2D eigenvalue weighted by Gasteiger charge is 2.28. The van der Waals surface area contributed by atoms with E-state index < -0.39 is 17.5 Å². The van der Waals surface area contributed by atoms with Gasteiger partial charge in [0.2, 0.25) is 5.88 Å². The smallest absolute Gasteiger partial charge is 0.231 e. The number of aromatic nitrogens is 2. The highest BCUT2D eigenvalue weighted by molar-refractivity contribution is 7.19. The number of halogens is 3. The Labute approximate surface area is 169 Å². The Balaban J connectivity index is 2.01. The van der Waals surface area contributed by atoms with E-state index in [0.717, 1.165) is 17.0 Å². The molecule has 148 valence electrons. The minimum absolute atomic E-state index is 0.0206. The second kappa shape index (κ2) is 7.15. The van der Waals surface area contributed by atoms with Crippen LogP contribution in [0.15, 0.2) is 48.8 Å². The highest BCUT2D eigenvalue weighted by Crippen LogP contribution is 2.47. The molecule has 0 radical (unpaired) electrons. The summed E-state index contributed by atoms with van der Waals surface area (Å²) in [6.45, 7) is 6.06. The molecular formula is C22H17F3N2OS. The first kappa shape index (κ1) is 19.4. The van der Waals surface area contributed by atoms with Gasteiger partial charge in [0, 0.05) is 10.4 Å². The van der Waals surface area contributed by atoms with E-state index in [1.807, 2.05) is 20.8 Å². The largest absolute Gasteiger partial charge is 0.435 e. The maximum atomic E-state index is 14.1. The van der Waals surface area contributed by atoms with Crippen molar-refractivity contribution >= 4 is 21.6 Å². The first-order chi connectivity index (χ1) is 13.8. The molecule has 0 aliphatic heterocycles. The molecule has 3 nitrogen and oxygen atoms in total. The molecule has 2 aromatic carbocycles. The second-order valence-corrected chi connectivity index (χ2v) is 8.58. The van der Waals surface area contributed by atoms with Crippen LogP contribution in [0.2, 0.25) is 0 Å². The zero-order valence-corrected chi connectivity index (χ0v) is 16.8. The molecule has 4 rings (SSSR count). The first-order valence-corrected chi connectivity index (χ1v) is 9.73. The van der Waals surface area contributed by atoms with Crippen LogP contribution >= 0.6 is 11.3 Å². The van der Waals surface area contributed by atoms with Gasteiger partial charge in [-0.2, -0.15) is 0 Å². The van der Waals surface area contributed by atoms with Crippen molar-refractivity contribution in [2.45, 2.75) is 26.2 Å². The number of para-hydroxylation sites is 1. The fourth-order valence-electron chi connectivity index (χ4n) is 3.07. The zero-order valence-electron chi connectivity index (χ0n) is 16.0. The van der Waals surface area contributed by atoms with Gasteiger partial charge < -0.3 is 4.74 Å². The van der Waals surface area contributed by atoms with E-state index in [1.54, 1.807) is 12.1 Å². The lowest BCUT2D eigenvalue weighted by molar-refractivity contribution is 0.432. The van der Waals surface area contributed by atoms with Crippen LogP contribution in [0.25, 0.3) is 21.3 Å². The molecule has 0 N–H and O–H groups in total. The third kappa shape index (κ3) is 3.58. The third-order valence-electron chi connectivity index (χ3n) is 4.39. The molecule has 0 aliphatic rings. The van der Waals surface area contributed by atoms with E-state index >= 15 is 0 Å². The lowest BCUT2D eigenvalue weighted by atomic mass is 9.88. The summed E-state index contributed by atoms with van der Waals surface area (Å²) in [4.78, 5) is 10.1. The summed E-state index contributed by atoms with van der Waals surface area (Å²) in [5, 5.41) is 0.539. The fraction of sp³-hybridized carbons (Fsp3) is 0.182. The first-order valence-electron chi connectivity index (χ1n) is 8.91. The van der Waals surface area contributed by atoms with E-state index in [4.69, 9.17) is 4.74 Å². The van der Waals surface area contributed by atoms with E-state index in [-0.39, 0.29) is 17.0 Å². The van der Waals surface area contributed by atoms with Gasteiger partial charge in [0.25, 0.3) is 0 Å². The molecule has 0 atom stereocenters. The molecule has 0 saturated heterocycles. The SMILES string of the molecule is CC(C)(C)c1sc2ncnc(Oc3ccccc3F)c2c1-c1ccc(F)c(F)c1. The summed E-state index contributed by atoms with van der Waals surface area (Å²) in [5.41, 5.74) is 0.831. The monoisotopic (exact) mass is 414 g/mol. The number of hydrogen-bond donors (Lipinski definition) is 0. The van der Waals surface area contributed by atoms with Crippen LogP contribution in [0.5, 0.6) is 11.6 Å². The lowest BCUT2D eigenvalue weighted by Gasteiger charge is -2.19. The van der Waals surface area contributed by atoms with E-state index in [2.05, 4.69) is 9.97 Å². The molecule has 0 unspecified atom stereocenters.